The highest BCUT2D eigenvalue weighted by Gasteiger charge is 2.32. The molecule has 8 aromatic rings. The van der Waals surface area contributed by atoms with Gasteiger partial charge in [-0.1, -0.05) is 60.3 Å². The number of rotatable bonds is 16. The third kappa shape index (κ3) is 14.6. The van der Waals surface area contributed by atoms with Crippen molar-refractivity contribution < 1.29 is 58.4 Å². The van der Waals surface area contributed by atoms with Crippen LogP contribution in [0.15, 0.2) is 144 Å². The van der Waals surface area contributed by atoms with Gasteiger partial charge in [0.15, 0.2) is 16.5 Å². The second kappa shape index (κ2) is 22.6. The Labute approximate surface area is 406 Å². The fourth-order valence-electron chi connectivity index (χ4n) is 6.95. The van der Waals surface area contributed by atoms with Crippen molar-refractivity contribution in [2.75, 3.05) is 11.5 Å². The van der Waals surface area contributed by atoms with Crippen LogP contribution in [0.1, 0.15) is 48.2 Å². The third-order valence-electron chi connectivity index (χ3n) is 10.2. The number of halogens is 8. The number of hydrogen-bond acceptors (Lipinski definition) is 10. The van der Waals surface area contributed by atoms with Crippen molar-refractivity contribution in [3.63, 3.8) is 0 Å². The maximum atomic E-state index is 13.2. The molecule has 4 aromatic carbocycles. The second-order valence-corrected chi connectivity index (χ2v) is 17.8. The summed E-state index contributed by atoms with van der Waals surface area (Å²) in [4.78, 5) is 42.7. The van der Waals surface area contributed by atoms with Gasteiger partial charge in [-0.25, -0.2) is 28.7 Å². The molecule has 0 radical (unpaired) electrons. The number of nitrogens with one attached hydrogen (secondary N) is 2. The van der Waals surface area contributed by atoms with E-state index >= 15 is 0 Å². The molecule has 0 aliphatic heterocycles. The lowest BCUT2D eigenvalue weighted by Gasteiger charge is -2.14. The van der Waals surface area contributed by atoms with E-state index in [2.05, 4.69) is 40.0 Å². The topological polar surface area (TPSA) is 155 Å². The monoisotopic (exact) mass is 1020 g/mol. The van der Waals surface area contributed by atoms with E-state index in [4.69, 9.17) is 0 Å². The zero-order valence-corrected chi connectivity index (χ0v) is 38.9. The maximum Gasteiger partial charge on any atom is 0.573 e. The fourth-order valence-corrected chi connectivity index (χ4v) is 8.81. The van der Waals surface area contributed by atoms with Crippen LogP contribution >= 0.6 is 11.8 Å². The molecule has 13 nitrogen and oxygen atoms in total. The highest BCUT2D eigenvalue weighted by molar-refractivity contribution is 7.99. The number of hydrogen-bond donors (Lipinski definition) is 2. The van der Waals surface area contributed by atoms with Crippen molar-refractivity contribution in [2.45, 2.75) is 62.1 Å². The molecule has 71 heavy (non-hydrogen) atoms. The summed E-state index contributed by atoms with van der Waals surface area (Å²) in [6, 6.07) is 28.5. The Bertz CT molecular complexity index is 3120. The van der Waals surface area contributed by atoms with Crippen LogP contribution < -0.4 is 20.1 Å². The van der Waals surface area contributed by atoms with Gasteiger partial charge in [0.25, 0.3) is 0 Å². The molecule has 0 fully saturated rings. The molecule has 23 heteroatoms. The normalized spacial score (nSPS) is 12.9. The van der Waals surface area contributed by atoms with E-state index in [-0.39, 0.29) is 59.0 Å². The first-order chi connectivity index (χ1) is 33.8. The van der Waals surface area contributed by atoms with E-state index in [1.807, 2.05) is 0 Å². The number of nitrogens with zero attached hydrogens (tertiary/aromatic N) is 6. The zero-order chi connectivity index (χ0) is 50.9. The summed E-state index contributed by atoms with van der Waals surface area (Å²) in [7, 11) is -1.86. The van der Waals surface area contributed by atoms with Crippen LogP contribution in [0.4, 0.5) is 35.1 Å². The van der Waals surface area contributed by atoms with Gasteiger partial charge in [0, 0.05) is 12.4 Å². The smallest absolute Gasteiger partial charge is 0.406 e. The van der Waals surface area contributed by atoms with Gasteiger partial charge >= 0.3 is 12.7 Å². The summed E-state index contributed by atoms with van der Waals surface area (Å²) in [5.41, 5.74) is 4.85. The standard InChI is InChI=1S/C24H20F4N4O3S.C24H20F4N4O2S/c1-15(17-6-8-18(25)9-7-17)30-21(33)14-36(34)23-31-20-3-2-12-29-22(20)32(23)13-16-4-10-19(11-5-16)35-24(26,27)28;1-15(17-6-8-18(25)9-7-17)30-21(33)14-35-23-31-20-3-2-12-29-22(20)32(23)13-16-4-10-19(11-5-16)34-24(26,27)28/h2-12,15H,13-14H2,1H3,(H,30,33);2-12,15H,13-14H2,1H3,(H,30,33)/t15-,36?;15-/m00/s1. The minimum absolute atomic E-state index is 0.0766. The summed E-state index contributed by atoms with van der Waals surface area (Å²) in [5, 5.41) is 6.25. The summed E-state index contributed by atoms with van der Waals surface area (Å²) in [6.45, 7) is 3.92. The number of ether oxygens (including phenoxy) is 2. The lowest BCUT2D eigenvalue weighted by atomic mass is 10.1. The van der Waals surface area contributed by atoms with E-state index < -0.39 is 41.3 Å². The van der Waals surface area contributed by atoms with Crippen molar-refractivity contribution >= 4 is 56.7 Å². The number of pyridine rings is 2. The Morgan fingerprint density at radius 2 is 1.06 bits per heavy atom. The number of carbonyl (C=O) groups is 2. The van der Waals surface area contributed by atoms with Gasteiger partial charge in [-0.2, -0.15) is 0 Å². The third-order valence-corrected chi connectivity index (χ3v) is 12.4. The number of amides is 2. The molecule has 0 bridgehead atoms. The molecule has 4 aromatic heterocycles. The number of aromatic nitrogens is 6. The SMILES string of the molecule is C[C@H](NC(=O)CS(=O)c1nc2cccnc2n1Cc1ccc(OC(F)(F)F)cc1)c1ccc(F)cc1.C[C@H](NC(=O)CSc1nc2cccnc2n1Cc1ccc(OC(F)(F)F)cc1)c1ccc(F)cc1. The van der Waals surface area contributed by atoms with Gasteiger partial charge in [0.2, 0.25) is 17.0 Å². The maximum absolute atomic E-state index is 13.2. The molecular weight excluding hydrogens is 985 g/mol. The van der Waals surface area contributed by atoms with E-state index in [9.17, 15) is 48.9 Å². The van der Waals surface area contributed by atoms with Gasteiger partial charge in [-0.05, 0) is 109 Å². The fraction of sp³-hybridized carbons (Fsp3) is 0.208. The molecule has 2 amide bonds. The van der Waals surface area contributed by atoms with Gasteiger partial charge < -0.3 is 20.1 Å². The molecule has 2 N–H and O–H groups in total. The minimum atomic E-state index is -4.80. The number of carbonyl (C=O) groups excluding carboxylic acids is 2. The zero-order valence-electron chi connectivity index (χ0n) is 37.2. The molecule has 8 rings (SSSR count). The van der Waals surface area contributed by atoms with Crippen LogP contribution in [-0.2, 0) is 33.5 Å². The molecule has 0 saturated heterocycles. The molecule has 4 heterocycles. The van der Waals surface area contributed by atoms with Crippen molar-refractivity contribution in [3.8, 4) is 11.5 Å². The molecule has 0 saturated carbocycles. The predicted octanol–water partition coefficient (Wildman–Crippen LogP) is 9.99. The lowest BCUT2D eigenvalue weighted by molar-refractivity contribution is -0.275. The van der Waals surface area contributed by atoms with Crippen molar-refractivity contribution in [1.29, 1.82) is 0 Å². The Kier molecular flexibility index (Phi) is 16.4. The van der Waals surface area contributed by atoms with Crippen LogP contribution in [0.3, 0.4) is 0 Å². The molecule has 0 spiro atoms. The number of fused-ring (bicyclic) bond motifs is 2. The molecular formula is C48H40F8N8O5S2. The minimum Gasteiger partial charge on any atom is -0.406 e. The average Bonchev–Trinajstić information content (AvgIpc) is 3.86. The van der Waals surface area contributed by atoms with Crippen LogP contribution in [0.25, 0.3) is 22.3 Å². The van der Waals surface area contributed by atoms with Crippen LogP contribution in [0.5, 0.6) is 11.5 Å². The second-order valence-electron chi connectivity index (χ2n) is 15.5. The number of alkyl halides is 6. The van der Waals surface area contributed by atoms with E-state index in [1.54, 1.807) is 77.7 Å². The summed E-state index contributed by atoms with van der Waals surface area (Å²) >= 11 is 1.22. The summed E-state index contributed by atoms with van der Waals surface area (Å²) < 4.78 is 125. The van der Waals surface area contributed by atoms with E-state index in [1.165, 1.54) is 90.8 Å². The van der Waals surface area contributed by atoms with Crippen molar-refractivity contribution in [3.05, 3.63) is 168 Å². The first kappa shape index (κ1) is 51.5. The Morgan fingerprint density at radius 3 is 1.54 bits per heavy atom. The number of thioether (sulfide) groups is 1. The lowest BCUT2D eigenvalue weighted by Crippen LogP contribution is -2.31. The van der Waals surface area contributed by atoms with Crippen LogP contribution in [-0.4, -0.2) is 69.3 Å². The largest absolute Gasteiger partial charge is 0.573 e. The van der Waals surface area contributed by atoms with Crippen LogP contribution in [0, 0.1) is 11.6 Å². The van der Waals surface area contributed by atoms with Gasteiger partial charge in [-0.15, -0.1) is 26.3 Å². The Balaban J connectivity index is 0.000000209. The van der Waals surface area contributed by atoms with Crippen molar-refractivity contribution in [1.82, 2.24) is 39.7 Å². The molecule has 370 valence electrons. The van der Waals surface area contributed by atoms with Gasteiger partial charge in [0.05, 0.1) is 41.7 Å². The van der Waals surface area contributed by atoms with E-state index in [0.29, 0.717) is 44.2 Å². The molecule has 3 atom stereocenters. The molecule has 0 aliphatic rings. The van der Waals surface area contributed by atoms with Gasteiger partial charge in [-0.3, -0.25) is 22.9 Å². The highest BCUT2D eigenvalue weighted by atomic mass is 32.2. The Hall–Kier alpha value is -7.40. The van der Waals surface area contributed by atoms with Crippen LogP contribution in [0.2, 0.25) is 0 Å². The Morgan fingerprint density at radius 1 is 0.620 bits per heavy atom. The number of imidazole rings is 2. The summed E-state index contributed by atoms with van der Waals surface area (Å²) in [5.74, 6) is -2.45. The summed E-state index contributed by atoms with van der Waals surface area (Å²) in [6.07, 6.45) is -6.41. The predicted molar refractivity (Wildman–Crippen MR) is 247 cm³/mol. The highest BCUT2D eigenvalue weighted by Crippen LogP contribution is 2.28. The van der Waals surface area contributed by atoms with Gasteiger partial charge in [0.1, 0.15) is 39.9 Å². The number of benzene rings is 4. The molecule has 1 unspecified atom stereocenters. The average molecular weight is 1030 g/mol. The first-order valence-corrected chi connectivity index (χ1v) is 23.5. The van der Waals surface area contributed by atoms with E-state index in [0.717, 1.165) is 5.56 Å². The van der Waals surface area contributed by atoms with Crippen molar-refractivity contribution in [2.24, 2.45) is 0 Å². The first-order valence-electron chi connectivity index (χ1n) is 21.2. The molecule has 0 aliphatic carbocycles. The quantitative estimate of drug-likeness (QED) is 0.0706.